The van der Waals surface area contributed by atoms with Crippen LogP contribution in [0.3, 0.4) is 0 Å². The van der Waals surface area contributed by atoms with Crippen LogP contribution in [0.25, 0.3) is 0 Å². The fourth-order valence-corrected chi connectivity index (χ4v) is 1.64. The second-order valence-electron chi connectivity index (χ2n) is 5.45. The van der Waals surface area contributed by atoms with Gasteiger partial charge < -0.3 is 5.32 Å². The third-order valence-corrected chi connectivity index (χ3v) is 3.86. The van der Waals surface area contributed by atoms with Crippen molar-refractivity contribution in [3.63, 3.8) is 0 Å². The molecule has 0 saturated carbocycles. The first-order valence-corrected chi connectivity index (χ1v) is 6.36. The summed E-state index contributed by atoms with van der Waals surface area (Å²) < 4.78 is 13.5. The Balaban J connectivity index is 2.57. The number of nitrogens with one attached hydrogen (secondary N) is 1. The minimum absolute atomic E-state index is 0.192. The average molecular weight is 258 g/mol. The Bertz CT molecular complexity index is 354. The van der Waals surface area contributed by atoms with Crippen molar-refractivity contribution in [2.24, 2.45) is 11.3 Å². The lowest BCUT2D eigenvalue weighted by atomic mass is 9.81. The van der Waals surface area contributed by atoms with Gasteiger partial charge >= 0.3 is 0 Å². The number of halogens is 2. The molecule has 0 aliphatic carbocycles. The van der Waals surface area contributed by atoms with E-state index < -0.39 is 0 Å². The highest BCUT2D eigenvalue weighted by Gasteiger charge is 2.21. The summed E-state index contributed by atoms with van der Waals surface area (Å²) in [7, 11) is 0. The largest absolute Gasteiger partial charge is 0.312 e. The zero-order chi connectivity index (χ0) is 13.1. The third-order valence-electron chi connectivity index (χ3n) is 3.51. The van der Waals surface area contributed by atoms with E-state index in [1.165, 1.54) is 6.07 Å². The molecule has 0 saturated heterocycles. The van der Waals surface area contributed by atoms with Gasteiger partial charge in [-0.2, -0.15) is 0 Å². The summed E-state index contributed by atoms with van der Waals surface area (Å²) in [4.78, 5) is 0. The fourth-order valence-electron chi connectivity index (χ4n) is 1.42. The van der Waals surface area contributed by atoms with E-state index in [-0.39, 0.29) is 11.2 Å². The first kappa shape index (κ1) is 14.5. The Morgan fingerprint density at radius 2 is 2.00 bits per heavy atom. The molecule has 0 aromatic heterocycles. The predicted octanol–water partition coefficient (Wildman–Crippen LogP) is 4.25. The Hall–Kier alpha value is -0.600. The number of rotatable bonds is 5. The summed E-state index contributed by atoms with van der Waals surface area (Å²) in [6.45, 7) is 10.1. The van der Waals surface area contributed by atoms with Crippen LogP contribution in [0.4, 0.5) is 4.39 Å². The van der Waals surface area contributed by atoms with E-state index in [2.05, 4.69) is 33.0 Å². The summed E-state index contributed by atoms with van der Waals surface area (Å²) >= 11 is 5.96. The van der Waals surface area contributed by atoms with Crippen molar-refractivity contribution < 1.29 is 4.39 Å². The molecule has 0 unspecified atom stereocenters. The van der Waals surface area contributed by atoms with Crippen LogP contribution in [0.15, 0.2) is 18.2 Å². The SMILES string of the molecule is CC(C)C(C)(C)CNCc1c(F)cccc1Cl. The summed E-state index contributed by atoms with van der Waals surface area (Å²) in [6, 6.07) is 4.78. The van der Waals surface area contributed by atoms with Crippen molar-refractivity contribution in [1.82, 2.24) is 5.32 Å². The molecule has 0 heterocycles. The maximum atomic E-state index is 13.5. The van der Waals surface area contributed by atoms with Gasteiger partial charge in [0.25, 0.3) is 0 Å². The summed E-state index contributed by atoms with van der Waals surface area (Å²) in [5.74, 6) is 0.332. The van der Waals surface area contributed by atoms with Crippen LogP contribution in [0, 0.1) is 17.2 Å². The van der Waals surface area contributed by atoms with Crippen LogP contribution in [-0.2, 0) is 6.54 Å². The molecule has 1 rings (SSSR count). The van der Waals surface area contributed by atoms with Gasteiger partial charge in [-0.3, -0.25) is 0 Å². The van der Waals surface area contributed by atoms with Crippen molar-refractivity contribution in [2.75, 3.05) is 6.54 Å². The zero-order valence-electron chi connectivity index (χ0n) is 11.0. The van der Waals surface area contributed by atoms with Crippen molar-refractivity contribution >= 4 is 11.6 Å². The summed E-state index contributed by atoms with van der Waals surface area (Å²) in [6.07, 6.45) is 0. The molecule has 1 N–H and O–H groups in total. The Labute approximate surface area is 108 Å². The standard InChI is InChI=1S/C14H21ClFN/c1-10(2)14(3,4)9-17-8-11-12(15)6-5-7-13(11)16/h5-7,10,17H,8-9H2,1-4H3. The van der Waals surface area contributed by atoms with E-state index in [9.17, 15) is 4.39 Å². The fraction of sp³-hybridized carbons (Fsp3) is 0.571. The molecule has 0 aliphatic heterocycles. The predicted molar refractivity (Wildman–Crippen MR) is 71.7 cm³/mol. The second kappa shape index (κ2) is 5.83. The Morgan fingerprint density at radius 1 is 1.35 bits per heavy atom. The van der Waals surface area contributed by atoms with Gasteiger partial charge in [-0.15, -0.1) is 0 Å². The maximum absolute atomic E-state index is 13.5. The van der Waals surface area contributed by atoms with E-state index in [0.29, 0.717) is 23.0 Å². The molecular formula is C14H21ClFN. The molecule has 0 bridgehead atoms. The number of hydrogen-bond acceptors (Lipinski definition) is 1. The smallest absolute Gasteiger partial charge is 0.129 e. The molecule has 0 radical (unpaired) electrons. The Morgan fingerprint density at radius 3 is 2.53 bits per heavy atom. The Kier molecular flexibility index (Phi) is 4.96. The van der Waals surface area contributed by atoms with Crippen molar-refractivity contribution in [1.29, 1.82) is 0 Å². The minimum atomic E-state index is -0.243. The van der Waals surface area contributed by atoms with Crippen LogP contribution in [0.5, 0.6) is 0 Å². The number of hydrogen-bond donors (Lipinski definition) is 1. The van der Waals surface area contributed by atoms with Gasteiger partial charge in [0.2, 0.25) is 0 Å². The third kappa shape index (κ3) is 3.97. The monoisotopic (exact) mass is 257 g/mol. The summed E-state index contributed by atoms with van der Waals surface area (Å²) in [5.41, 5.74) is 0.742. The van der Waals surface area contributed by atoms with E-state index in [1.54, 1.807) is 12.1 Å². The zero-order valence-corrected chi connectivity index (χ0v) is 11.7. The lowest BCUT2D eigenvalue weighted by Gasteiger charge is -2.29. The molecule has 96 valence electrons. The van der Waals surface area contributed by atoms with Gasteiger partial charge in [-0.1, -0.05) is 45.4 Å². The minimum Gasteiger partial charge on any atom is -0.312 e. The molecular weight excluding hydrogens is 237 g/mol. The molecule has 1 nitrogen and oxygen atoms in total. The van der Waals surface area contributed by atoms with Gasteiger partial charge in [0, 0.05) is 23.7 Å². The first-order valence-electron chi connectivity index (χ1n) is 5.98. The quantitative estimate of drug-likeness (QED) is 0.832. The average Bonchev–Trinajstić information content (AvgIpc) is 2.22. The maximum Gasteiger partial charge on any atom is 0.129 e. The van der Waals surface area contributed by atoms with Gasteiger partial charge in [0.05, 0.1) is 0 Å². The highest BCUT2D eigenvalue weighted by atomic mass is 35.5. The molecule has 3 heteroatoms. The lowest BCUT2D eigenvalue weighted by Crippen LogP contribution is -2.33. The molecule has 1 aromatic carbocycles. The first-order chi connectivity index (χ1) is 7.84. The molecule has 0 amide bonds. The molecule has 0 spiro atoms. The van der Waals surface area contributed by atoms with Crippen LogP contribution in [-0.4, -0.2) is 6.54 Å². The van der Waals surface area contributed by atoms with Crippen molar-refractivity contribution in [3.8, 4) is 0 Å². The second-order valence-corrected chi connectivity index (χ2v) is 5.85. The van der Waals surface area contributed by atoms with Crippen LogP contribution < -0.4 is 5.32 Å². The summed E-state index contributed by atoms with van der Waals surface area (Å²) in [5, 5.41) is 3.77. The van der Waals surface area contributed by atoms with Crippen molar-refractivity contribution in [3.05, 3.63) is 34.6 Å². The number of benzene rings is 1. The molecule has 1 aromatic rings. The van der Waals surface area contributed by atoms with Crippen LogP contribution in [0.2, 0.25) is 5.02 Å². The van der Waals surface area contributed by atoms with Gasteiger partial charge in [-0.05, 0) is 23.5 Å². The topological polar surface area (TPSA) is 12.0 Å². The van der Waals surface area contributed by atoms with Crippen LogP contribution >= 0.6 is 11.6 Å². The van der Waals surface area contributed by atoms with E-state index in [0.717, 1.165) is 6.54 Å². The normalized spacial score (nSPS) is 12.2. The molecule has 17 heavy (non-hydrogen) atoms. The van der Waals surface area contributed by atoms with Gasteiger partial charge in [-0.25, -0.2) is 4.39 Å². The van der Waals surface area contributed by atoms with Gasteiger partial charge in [0.1, 0.15) is 5.82 Å². The highest BCUT2D eigenvalue weighted by molar-refractivity contribution is 6.31. The van der Waals surface area contributed by atoms with E-state index in [4.69, 9.17) is 11.6 Å². The van der Waals surface area contributed by atoms with E-state index >= 15 is 0 Å². The lowest BCUT2D eigenvalue weighted by molar-refractivity contribution is 0.237. The van der Waals surface area contributed by atoms with Crippen molar-refractivity contribution in [2.45, 2.75) is 34.2 Å². The highest BCUT2D eigenvalue weighted by Crippen LogP contribution is 2.25. The molecule has 0 aliphatic rings. The van der Waals surface area contributed by atoms with Gasteiger partial charge in [0.15, 0.2) is 0 Å². The van der Waals surface area contributed by atoms with E-state index in [1.807, 2.05) is 0 Å². The molecule has 0 fully saturated rings. The van der Waals surface area contributed by atoms with Crippen LogP contribution in [0.1, 0.15) is 33.3 Å². The molecule has 0 atom stereocenters.